The minimum absolute atomic E-state index is 0.0267. The molecule has 3 aromatic rings. The van der Waals surface area contributed by atoms with Crippen LogP contribution in [0, 0.1) is 5.82 Å². The number of benzene rings is 2. The molecule has 3 saturated carbocycles. The van der Waals surface area contributed by atoms with Gasteiger partial charge in [0.05, 0.1) is 17.5 Å². The summed E-state index contributed by atoms with van der Waals surface area (Å²) in [5, 5.41) is 6.14. The van der Waals surface area contributed by atoms with Crippen molar-refractivity contribution in [2.45, 2.75) is 30.3 Å². The van der Waals surface area contributed by atoms with Gasteiger partial charge in [0, 0.05) is 23.2 Å². The summed E-state index contributed by atoms with van der Waals surface area (Å²) in [6, 6.07) is 9.90. The number of carbonyl (C=O) groups excluding carboxylic acids is 2. The Labute approximate surface area is 198 Å². The molecule has 0 aliphatic heterocycles. The van der Waals surface area contributed by atoms with E-state index in [-0.39, 0.29) is 34.5 Å². The van der Waals surface area contributed by atoms with E-state index in [0.29, 0.717) is 36.0 Å². The van der Waals surface area contributed by atoms with Crippen molar-refractivity contribution >= 4 is 34.4 Å². The number of fused-ring (bicyclic) bond motifs is 1. The number of ether oxygens (including phenoxy) is 2. The highest BCUT2D eigenvalue weighted by atomic mass is 35.5. The van der Waals surface area contributed by atoms with Crippen LogP contribution in [0.5, 0.6) is 11.5 Å². The molecule has 34 heavy (non-hydrogen) atoms. The van der Waals surface area contributed by atoms with Gasteiger partial charge in [-0.25, -0.2) is 4.39 Å². The molecular formula is C24H20ClFN2O6. The van der Waals surface area contributed by atoms with Crippen molar-refractivity contribution in [2.75, 3.05) is 13.7 Å². The number of amides is 2. The Bertz CT molecular complexity index is 1370. The topological polar surface area (TPSA) is 107 Å². The van der Waals surface area contributed by atoms with Gasteiger partial charge in [-0.3, -0.25) is 14.4 Å². The Morgan fingerprint density at radius 1 is 1.06 bits per heavy atom. The maximum absolute atomic E-state index is 13.5. The maximum Gasteiger partial charge on any atom is 0.287 e. The van der Waals surface area contributed by atoms with Crippen LogP contribution in [-0.4, -0.2) is 36.6 Å². The number of hydrogen-bond donors (Lipinski definition) is 2. The molecule has 0 unspecified atom stereocenters. The summed E-state index contributed by atoms with van der Waals surface area (Å²) in [7, 11) is 1.50. The highest BCUT2D eigenvalue weighted by molar-refractivity contribution is 6.30. The molecule has 2 N–H and O–H groups in total. The molecule has 1 aromatic heterocycles. The van der Waals surface area contributed by atoms with Crippen LogP contribution in [0.1, 0.15) is 29.8 Å². The molecule has 6 rings (SSSR count). The third-order valence-electron chi connectivity index (χ3n) is 6.23. The Balaban J connectivity index is 1.15. The van der Waals surface area contributed by atoms with Gasteiger partial charge in [-0.1, -0.05) is 11.6 Å². The fourth-order valence-corrected chi connectivity index (χ4v) is 4.89. The maximum atomic E-state index is 13.5. The summed E-state index contributed by atoms with van der Waals surface area (Å²) < 4.78 is 29.5. The first-order valence-corrected chi connectivity index (χ1v) is 10.9. The van der Waals surface area contributed by atoms with Crippen LogP contribution in [-0.2, 0) is 4.79 Å². The lowest BCUT2D eigenvalue weighted by Crippen LogP contribution is -2.84. The van der Waals surface area contributed by atoms with E-state index in [1.165, 1.54) is 19.2 Å². The zero-order chi connectivity index (χ0) is 24.1. The van der Waals surface area contributed by atoms with Crippen LogP contribution >= 0.6 is 11.6 Å². The molecule has 0 saturated heterocycles. The third-order valence-corrected chi connectivity index (χ3v) is 6.54. The van der Waals surface area contributed by atoms with Crippen LogP contribution in [0.2, 0.25) is 5.02 Å². The SMILES string of the molecule is COc1ccc2oc(C(=O)NC34CC(NC(=O)COc5ccc(Cl)c(F)c5)(C3)C4)cc(=O)c2c1. The number of hydrogen-bond acceptors (Lipinski definition) is 6. The van der Waals surface area contributed by atoms with Crippen molar-refractivity contribution in [1.29, 1.82) is 0 Å². The van der Waals surface area contributed by atoms with E-state index >= 15 is 0 Å². The van der Waals surface area contributed by atoms with E-state index in [9.17, 15) is 18.8 Å². The fraction of sp³-hybridized carbons (Fsp3) is 0.292. The Morgan fingerprint density at radius 3 is 2.47 bits per heavy atom. The Kier molecular flexibility index (Phi) is 5.24. The quantitative estimate of drug-likeness (QED) is 0.531. The van der Waals surface area contributed by atoms with Crippen LogP contribution < -0.4 is 25.5 Å². The van der Waals surface area contributed by atoms with E-state index in [0.717, 1.165) is 12.1 Å². The van der Waals surface area contributed by atoms with Gasteiger partial charge < -0.3 is 24.5 Å². The number of rotatable bonds is 7. The lowest BCUT2D eigenvalue weighted by Gasteiger charge is -2.70. The molecule has 2 aromatic carbocycles. The predicted molar refractivity (Wildman–Crippen MR) is 121 cm³/mol. The number of halogens is 2. The minimum Gasteiger partial charge on any atom is -0.497 e. The molecule has 2 amide bonds. The van der Waals surface area contributed by atoms with Crippen molar-refractivity contribution in [1.82, 2.24) is 10.6 Å². The predicted octanol–water partition coefficient (Wildman–Crippen LogP) is 3.19. The van der Waals surface area contributed by atoms with Gasteiger partial charge in [-0.05, 0) is 49.6 Å². The van der Waals surface area contributed by atoms with Crippen molar-refractivity contribution in [3.8, 4) is 11.5 Å². The van der Waals surface area contributed by atoms with Gasteiger partial charge in [0.2, 0.25) is 0 Å². The Hall–Kier alpha value is -3.59. The zero-order valence-corrected chi connectivity index (χ0v) is 18.8. The van der Waals surface area contributed by atoms with Crippen molar-refractivity contribution in [3.63, 3.8) is 0 Å². The molecule has 0 radical (unpaired) electrons. The number of methoxy groups -OCH3 is 1. The molecule has 10 heteroatoms. The van der Waals surface area contributed by atoms with Crippen LogP contribution in [0.25, 0.3) is 11.0 Å². The largest absolute Gasteiger partial charge is 0.497 e. The van der Waals surface area contributed by atoms with Crippen molar-refractivity contribution in [3.05, 3.63) is 69.3 Å². The highest BCUT2D eigenvalue weighted by Crippen LogP contribution is 2.60. The minimum atomic E-state index is -0.626. The number of carbonyl (C=O) groups is 2. The van der Waals surface area contributed by atoms with E-state index in [2.05, 4.69) is 10.6 Å². The van der Waals surface area contributed by atoms with Gasteiger partial charge in [0.25, 0.3) is 11.8 Å². The zero-order valence-electron chi connectivity index (χ0n) is 18.1. The fourth-order valence-electron chi connectivity index (χ4n) is 4.78. The van der Waals surface area contributed by atoms with Crippen LogP contribution in [0.4, 0.5) is 4.39 Å². The molecule has 2 bridgehead atoms. The van der Waals surface area contributed by atoms with Crippen LogP contribution in [0.15, 0.2) is 51.7 Å². The van der Waals surface area contributed by atoms with Gasteiger partial charge >= 0.3 is 0 Å². The summed E-state index contributed by atoms with van der Waals surface area (Å²) in [5.41, 5.74) is -0.898. The van der Waals surface area contributed by atoms with E-state index in [1.807, 2.05) is 0 Å². The standard InChI is InChI=1S/C24H20ClFN2O6/c1-32-13-3-5-19-15(6-13)18(29)8-20(34-19)22(31)28-24-10-23(11-24,12-24)27-21(30)9-33-14-2-4-16(25)17(26)7-14/h2-8H,9-12H2,1H3,(H,27,30)(H,28,31). The van der Waals surface area contributed by atoms with Gasteiger partial charge in [-0.2, -0.15) is 0 Å². The molecule has 1 heterocycles. The van der Waals surface area contributed by atoms with E-state index in [1.54, 1.807) is 18.2 Å². The summed E-state index contributed by atoms with van der Waals surface area (Å²) in [6.07, 6.45) is 1.67. The van der Waals surface area contributed by atoms with Gasteiger partial charge in [-0.15, -0.1) is 0 Å². The number of nitrogens with one attached hydrogen (secondary N) is 2. The van der Waals surface area contributed by atoms with E-state index < -0.39 is 22.8 Å². The van der Waals surface area contributed by atoms with Crippen molar-refractivity contribution < 1.29 is 27.9 Å². The molecule has 176 valence electrons. The summed E-state index contributed by atoms with van der Waals surface area (Å²) in [5.74, 6) is -0.807. The molecule has 3 aliphatic rings. The van der Waals surface area contributed by atoms with Gasteiger partial charge in [0.15, 0.2) is 17.8 Å². The average molecular weight is 487 g/mol. The highest BCUT2D eigenvalue weighted by Gasteiger charge is 2.69. The van der Waals surface area contributed by atoms with Gasteiger partial charge in [0.1, 0.15) is 22.9 Å². The molecular weight excluding hydrogens is 467 g/mol. The third kappa shape index (κ3) is 3.96. The second kappa shape index (κ2) is 8.02. The molecule has 0 atom stereocenters. The average Bonchev–Trinajstić information content (AvgIpc) is 2.77. The normalized spacial score (nSPS) is 22.3. The smallest absolute Gasteiger partial charge is 0.287 e. The first-order valence-electron chi connectivity index (χ1n) is 10.5. The first kappa shape index (κ1) is 22.2. The van der Waals surface area contributed by atoms with Crippen molar-refractivity contribution in [2.24, 2.45) is 0 Å². The monoisotopic (exact) mass is 486 g/mol. The summed E-state index contributed by atoms with van der Waals surface area (Å²) >= 11 is 5.63. The molecule has 0 spiro atoms. The van der Waals surface area contributed by atoms with E-state index in [4.69, 9.17) is 25.5 Å². The Morgan fingerprint density at radius 2 is 1.76 bits per heavy atom. The van der Waals surface area contributed by atoms with Crippen LogP contribution in [0.3, 0.4) is 0 Å². The summed E-state index contributed by atoms with van der Waals surface area (Å²) in [4.78, 5) is 37.4. The molecule has 8 nitrogen and oxygen atoms in total. The second-order valence-electron chi connectivity index (χ2n) is 8.79. The lowest BCUT2D eigenvalue weighted by atomic mass is 9.44. The first-order chi connectivity index (χ1) is 16.2. The second-order valence-corrected chi connectivity index (χ2v) is 9.20. The molecule has 3 fully saturated rings. The molecule has 3 aliphatic carbocycles. The summed E-state index contributed by atoms with van der Waals surface area (Å²) in [6.45, 7) is -0.269. The lowest BCUT2D eigenvalue weighted by molar-refractivity contribution is -0.141.